The average Bonchev–Trinajstić information content (AvgIpc) is 2.52. The molecule has 5 heteroatoms. The fourth-order valence-corrected chi connectivity index (χ4v) is 1.77. The van der Waals surface area contributed by atoms with Crippen LogP contribution < -0.4 is 4.74 Å². The largest absolute Gasteiger partial charge is 0.496 e. The van der Waals surface area contributed by atoms with E-state index in [1.54, 1.807) is 24.3 Å². The lowest BCUT2D eigenvalue weighted by molar-refractivity contribution is -0.137. The van der Waals surface area contributed by atoms with Gasteiger partial charge in [-0.15, -0.1) is 0 Å². The zero-order valence-electron chi connectivity index (χ0n) is 11.6. The van der Waals surface area contributed by atoms with Gasteiger partial charge in [0.1, 0.15) is 5.75 Å². The first-order chi connectivity index (χ1) is 10.4. The Morgan fingerprint density at radius 2 is 1.68 bits per heavy atom. The highest BCUT2D eigenvalue weighted by Crippen LogP contribution is 2.28. The highest BCUT2D eigenvalue weighted by molar-refractivity contribution is 6.11. The zero-order valence-corrected chi connectivity index (χ0v) is 11.6. The molecule has 22 heavy (non-hydrogen) atoms. The number of carbonyl (C=O) groups excluding carboxylic acids is 1. The highest BCUT2D eigenvalue weighted by Gasteiger charge is 2.29. The van der Waals surface area contributed by atoms with Crippen LogP contribution in [0.2, 0.25) is 0 Å². The maximum atomic E-state index is 12.4. The van der Waals surface area contributed by atoms with E-state index in [0.717, 1.165) is 12.1 Å². The van der Waals surface area contributed by atoms with E-state index in [9.17, 15) is 18.0 Å². The van der Waals surface area contributed by atoms with E-state index >= 15 is 0 Å². The van der Waals surface area contributed by atoms with Gasteiger partial charge in [0.2, 0.25) is 5.78 Å². The molecule has 0 atom stereocenters. The van der Waals surface area contributed by atoms with E-state index in [2.05, 4.69) is 11.8 Å². The minimum atomic E-state index is -4.39. The molecule has 0 amide bonds. The van der Waals surface area contributed by atoms with Gasteiger partial charge < -0.3 is 4.74 Å². The van der Waals surface area contributed by atoms with E-state index < -0.39 is 17.5 Å². The number of rotatable bonds is 2. The monoisotopic (exact) mass is 304 g/mol. The third kappa shape index (κ3) is 3.67. The zero-order chi connectivity index (χ0) is 16.2. The van der Waals surface area contributed by atoms with Crippen molar-refractivity contribution in [3.8, 4) is 17.6 Å². The third-order valence-corrected chi connectivity index (χ3v) is 2.88. The number of para-hydroxylation sites is 1. The van der Waals surface area contributed by atoms with Crippen LogP contribution in [0.4, 0.5) is 13.2 Å². The summed E-state index contributed by atoms with van der Waals surface area (Å²) >= 11 is 0. The number of benzene rings is 2. The number of methoxy groups -OCH3 is 1. The lowest BCUT2D eigenvalue weighted by Crippen LogP contribution is -2.04. The summed E-state index contributed by atoms with van der Waals surface area (Å²) in [5.74, 6) is 4.89. The molecular weight excluding hydrogens is 293 g/mol. The molecule has 2 aromatic rings. The van der Waals surface area contributed by atoms with Crippen molar-refractivity contribution in [2.75, 3.05) is 7.11 Å². The minimum Gasteiger partial charge on any atom is -0.496 e. The van der Waals surface area contributed by atoms with Crippen LogP contribution in [0, 0.1) is 11.8 Å². The van der Waals surface area contributed by atoms with E-state index in [0.29, 0.717) is 16.9 Å². The number of hydrogen-bond acceptors (Lipinski definition) is 2. The summed E-state index contributed by atoms with van der Waals surface area (Å²) in [5.41, 5.74) is -0.116. The number of ketones is 1. The Morgan fingerprint density at radius 3 is 2.27 bits per heavy atom. The third-order valence-electron chi connectivity index (χ3n) is 2.88. The summed E-state index contributed by atoms with van der Waals surface area (Å²) in [6.07, 6.45) is -4.39. The second kappa shape index (κ2) is 6.35. The van der Waals surface area contributed by atoms with Crippen LogP contribution in [0.5, 0.6) is 5.75 Å². The summed E-state index contributed by atoms with van der Waals surface area (Å²) in [5, 5.41) is 0. The fourth-order valence-electron chi connectivity index (χ4n) is 1.77. The van der Waals surface area contributed by atoms with Gasteiger partial charge >= 0.3 is 6.18 Å². The molecular formula is C17H11F3O2. The Bertz CT molecular complexity index is 735. The Balaban J connectivity index is 2.21. The molecule has 0 bridgehead atoms. The predicted octanol–water partition coefficient (Wildman–Crippen LogP) is 3.95. The van der Waals surface area contributed by atoms with Crippen molar-refractivity contribution in [2.24, 2.45) is 0 Å². The smallest absolute Gasteiger partial charge is 0.416 e. The Kier molecular flexibility index (Phi) is 4.52. The number of hydrogen-bond donors (Lipinski definition) is 0. The number of ether oxygens (including phenoxy) is 1. The summed E-state index contributed by atoms with van der Waals surface area (Å²) in [6.45, 7) is 0. The number of Topliss-reactive ketones (excluding diaryl/α,β-unsaturated/α-hetero) is 1. The second-order valence-electron chi connectivity index (χ2n) is 4.35. The topological polar surface area (TPSA) is 26.3 Å². The first kappa shape index (κ1) is 15.6. The number of alkyl halides is 3. The molecule has 0 saturated carbocycles. The van der Waals surface area contributed by atoms with Crippen LogP contribution in [0.1, 0.15) is 21.5 Å². The SMILES string of the molecule is COc1ccccc1C(=O)C#Cc1ccc(C(F)(F)F)cc1. The molecule has 0 spiro atoms. The van der Waals surface area contributed by atoms with Gasteiger partial charge in [-0.1, -0.05) is 18.1 Å². The summed E-state index contributed by atoms with van der Waals surface area (Å²) in [6, 6.07) is 10.9. The quantitative estimate of drug-likeness (QED) is 0.620. The van der Waals surface area contributed by atoms with Crippen LogP contribution in [0.3, 0.4) is 0 Å². The van der Waals surface area contributed by atoms with Crippen LogP contribution in [-0.2, 0) is 6.18 Å². The van der Waals surface area contributed by atoms with Gasteiger partial charge in [-0.05, 0) is 42.3 Å². The molecule has 112 valence electrons. The molecule has 2 aromatic carbocycles. The van der Waals surface area contributed by atoms with Crippen molar-refractivity contribution in [3.05, 3.63) is 65.2 Å². The Morgan fingerprint density at radius 1 is 1.05 bits per heavy atom. The Hall–Kier alpha value is -2.74. The standard InChI is InChI=1S/C17H11F3O2/c1-22-16-5-3-2-4-14(16)15(21)11-8-12-6-9-13(10-7-12)17(18,19)20/h2-7,9-10H,1H3. The molecule has 0 aliphatic carbocycles. The molecule has 0 saturated heterocycles. The van der Waals surface area contributed by atoms with Gasteiger partial charge in [-0.2, -0.15) is 13.2 Å². The molecule has 0 radical (unpaired) electrons. The van der Waals surface area contributed by atoms with Gasteiger partial charge in [-0.3, -0.25) is 4.79 Å². The fraction of sp³-hybridized carbons (Fsp3) is 0.118. The second-order valence-corrected chi connectivity index (χ2v) is 4.35. The lowest BCUT2D eigenvalue weighted by atomic mass is 10.1. The van der Waals surface area contributed by atoms with Crippen molar-refractivity contribution in [2.45, 2.75) is 6.18 Å². The summed E-state index contributed by atoms with van der Waals surface area (Å²) in [7, 11) is 1.44. The molecule has 0 unspecified atom stereocenters. The molecule has 0 aliphatic heterocycles. The van der Waals surface area contributed by atoms with Gasteiger partial charge in [0, 0.05) is 5.56 Å². The molecule has 0 N–H and O–H groups in total. The number of halogens is 3. The first-order valence-electron chi connectivity index (χ1n) is 6.28. The van der Waals surface area contributed by atoms with Crippen molar-refractivity contribution in [1.29, 1.82) is 0 Å². The van der Waals surface area contributed by atoms with Crippen LogP contribution >= 0.6 is 0 Å². The Labute approximate surface area is 125 Å². The molecule has 0 heterocycles. The van der Waals surface area contributed by atoms with Crippen LogP contribution in [0.15, 0.2) is 48.5 Å². The first-order valence-corrected chi connectivity index (χ1v) is 6.28. The maximum absolute atomic E-state index is 12.4. The molecule has 2 rings (SSSR count). The van der Waals surface area contributed by atoms with Crippen molar-refractivity contribution in [1.82, 2.24) is 0 Å². The van der Waals surface area contributed by atoms with Crippen LogP contribution in [0.25, 0.3) is 0 Å². The van der Waals surface area contributed by atoms with Gasteiger partial charge in [0.25, 0.3) is 0 Å². The van der Waals surface area contributed by atoms with Gasteiger partial charge in [0.15, 0.2) is 0 Å². The summed E-state index contributed by atoms with van der Waals surface area (Å²) in [4.78, 5) is 12.0. The highest BCUT2D eigenvalue weighted by atomic mass is 19.4. The summed E-state index contributed by atoms with van der Waals surface area (Å²) < 4.78 is 42.4. The minimum absolute atomic E-state index is 0.310. The normalized spacial score (nSPS) is 10.5. The average molecular weight is 304 g/mol. The van der Waals surface area contributed by atoms with Gasteiger partial charge in [-0.25, -0.2) is 0 Å². The molecule has 0 fully saturated rings. The maximum Gasteiger partial charge on any atom is 0.416 e. The van der Waals surface area contributed by atoms with E-state index in [-0.39, 0.29) is 0 Å². The molecule has 2 nitrogen and oxygen atoms in total. The van der Waals surface area contributed by atoms with E-state index in [1.165, 1.54) is 19.2 Å². The molecule has 0 aromatic heterocycles. The van der Waals surface area contributed by atoms with E-state index in [4.69, 9.17) is 4.74 Å². The van der Waals surface area contributed by atoms with Crippen molar-refractivity contribution < 1.29 is 22.7 Å². The van der Waals surface area contributed by atoms with Gasteiger partial charge in [0.05, 0.1) is 18.2 Å². The molecule has 0 aliphatic rings. The van der Waals surface area contributed by atoms with Crippen LogP contribution in [-0.4, -0.2) is 12.9 Å². The van der Waals surface area contributed by atoms with Crippen molar-refractivity contribution >= 4 is 5.78 Å². The van der Waals surface area contributed by atoms with E-state index in [1.807, 2.05) is 0 Å². The predicted molar refractivity (Wildman–Crippen MR) is 75.6 cm³/mol. The lowest BCUT2D eigenvalue weighted by Gasteiger charge is -2.05. The number of carbonyl (C=O) groups is 1. The van der Waals surface area contributed by atoms with Crippen molar-refractivity contribution in [3.63, 3.8) is 0 Å².